The molecule has 0 radical (unpaired) electrons. The van der Waals surface area contributed by atoms with Crippen LogP contribution >= 0.6 is 12.4 Å². The summed E-state index contributed by atoms with van der Waals surface area (Å²) >= 11 is 0. The highest BCUT2D eigenvalue weighted by molar-refractivity contribution is 5.85. The molecule has 2 atom stereocenters. The number of rotatable bonds is 3. The van der Waals surface area contributed by atoms with Crippen LogP contribution in [0, 0.1) is 23.7 Å². The normalized spacial score (nSPS) is 36.7. The van der Waals surface area contributed by atoms with E-state index in [0.717, 1.165) is 25.3 Å². The SMILES string of the molecule is CN(CC1CCC1)C(=O)C1CC2CCCC(C1)C2N.Cl. The van der Waals surface area contributed by atoms with Crippen molar-refractivity contribution in [1.82, 2.24) is 4.90 Å². The van der Waals surface area contributed by atoms with E-state index < -0.39 is 0 Å². The van der Waals surface area contributed by atoms with Crippen molar-refractivity contribution < 1.29 is 4.79 Å². The summed E-state index contributed by atoms with van der Waals surface area (Å²) in [6.07, 6.45) is 9.90. The Labute approximate surface area is 129 Å². The molecule has 3 aliphatic rings. The lowest BCUT2D eigenvalue weighted by atomic mass is 9.65. The maximum absolute atomic E-state index is 12.6. The van der Waals surface area contributed by atoms with Crippen LogP contribution in [0.2, 0.25) is 0 Å². The first-order valence-corrected chi connectivity index (χ1v) is 8.15. The lowest BCUT2D eigenvalue weighted by molar-refractivity contribution is -0.138. The standard InChI is InChI=1S/C16H28N2O.ClH/c1-18(10-11-4-2-5-11)16(19)14-8-12-6-3-7-13(9-14)15(12)17;/h11-15H,2-10,17H2,1H3;1H. The van der Waals surface area contributed by atoms with E-state index in [9.17, 15) is 4.79 Å². The van der Waals surface area contributed by atoms with Crippen molar-refractivity contribution in [1.29, 1.82) is 0 Å². The lowest BCUT2D eigenvalue weighted by Crippen LogP contribution is -2.49. The van der Waals surface area contributed by atoms with Crippen LogP contribution in [-0.4, -0.2) is 30.4 Å². The van der Waals surface area contributed by atoms with Crippen molar-refractivity contribution in [3.05, 3.63) is 0 Å². The minimum atomic E-state index is 0. The van der Waals surface area contributed by atoms with Crippen molar-refractivity contribution in [2.24, 2.45) is 29.4 Å². The van der Waals surface area contributed by atoms with Gasteiger partial charge in [-0.05, 0) is 56.3 Å². The first-order chi connectivity index (χ1) is 9.15. The van der Waals surface area contributed by atoms with Gasteiger partial charge in [-0.15, -0.1) is 12.4 Å². The van der Waals surface area contributed by atoms with E-state index in [1.807, 2.05) is 11.9 Å². The van der Waals surface area contributed by atoms with Gasteiger partial charge in [0.2, 0.25) is 5.91 Å². The van der Waals surface area contributed by atoms with Gasteiger partial charge in [0.1, 0.15) is 0 Å². The zero-order valence-corrected chi connectivity index (χ0v) is 13.4. The molecule has 4 heteroatoms. The second-order valence-electron chi connectivity index (χ2n) is 7.21. The maximum Gasteiger partial charge on any atom is 0.225 e. The summed E-state index contributed by atoms with van der Waals surface area (Å²) in [4.78, 5) is 14.6. The molecular formula is C16H29ClN2O. The van der Waals surface area contributed by atoms with Gasteiger partial charge in [-0.3, -0.25) is 4.79 Å². The minimum Gasteiger partial charge on any atom is -0.345 e. The van der Waals surface area contributed by atoms with Crippen LogP contribution in [-0.2, 0) is 4.79 Å². The Morgan fingerprint density at radius 1 is 1.10 bits per heavy atom. The molecule has 1 amide bonds. The van der Waals surface area contributed by atoms with Crippen molar-refractivity contribution >= 4 is 18.3 Å². The van der Waals surface area contributed by atoms with E-state index in [1.165, 1.54) is 38.5 Å². The number of carbonyl (C=O) groups excluding carboxylic acids is 1. The highest BCUT2D eigenvalue weighted by Gasteiger charge is 2.41. The number of halogens is 1. The Hall–Kier alpha value is -0.280. The molecule has 2 unspecified atom stereocenters. The first-order valence-electron chi connectivity index (χ1n) is 8.15. The Balaban J connectivity index is 0.00000147. The molecule has 3 aliphatic carbocycles. The zero-order chi connectivity index (χ0) is 13.4. The third kappa shape index (κ3) is 3.14. The largest absolute Gasteiger partial charge is 0.345 e. The van der Waals surface area contributed by atoms with Gasteiger partial charge in [-0.1, -0.05) is 12.8 Å². The summed E-state index contributed by atoms with van der Waals surface area (Å²) in [7, 11) is 2.00. The van der Waals surface area contributed by atoms with Gasteiger partial charge in [0.05, 0.1) is 0 Å². The molecule has 0 aromatic rings. The van der Waals surface area contributed by atoms with Crippen molar-refractivity contribution in [3.63, 3.8) is 0 Å². The summed E-state index contributed by atoms with van der Waals surface area (Å²) in [6.45, 7) is 0.983. The fraction of sp³-hybridized carbons (Fsp3) is 0.938. The summed E-state index contributed by atoms with van der Waals surface area (Å²) in [6, 6.07) is 0.370. The van der Waals surface area contributed by atoms with Crippen molar-refractivity contribution in [3.8, 4) is 0 Å². The van der Waals surface area contributed by atoms with Gasteiger partial charge in [-0.2, -0.15) is 0 Å². The van der Waals surface area contributed by atoms with Crippen LogP contribution in [0.5, 0.6) is 0 Å². The molecule has 3 saturated carbocycles. The highest BCUT2D eigenvalue weighted by Crippen LogP contribution is 2.42. The molecule has 3 nitrogen and oxygen atoms in total. The molecule has 20 heavy (non-hydrogen) atoms. The van der Waals surface area contributed by atoms with E-state index in [0.29, 0.717) is 23.8 Å². The van der Waals surface area contributed by atoms with Gasteiger partial charge >= 0.3 is 0 Å². The summed E-state index contributed by atoms with van der Waals surface area (Å²) in [5.74, 6) is 2.66. The van der Waals surface area contributed by atoms with Crippen LogP contribution in [0.4, 0.5) is 0 Å². The third-order valence-electron chi connectivity index (χ3n) is 5.90. The number of carbonyl (C=O) groups is 1. The smallest absolute Gasteiger partial charge is 0.225 e. The van der Waals surface area contributed by atoms with E-state index in [2.05, 4.69) is 0 Å². The van der Waals surface area contributed by atoms with E-state index in [-0.39, 0.29) is 18.3 Å². The topological polar surface area (TPSA) is 46.3 Å². The number of hydrogen-bond donors (Lipinski definition) is 1. The zero-order valence-electron chi connectivity index (χ0n) is 12.6. The summed E-state index contributed by atoms with van der Waals surface area (Å²) in [5, 5.41) is 0. The van der Waals surface area contributed by atoms with E-state index in [1.54, 1.807) is 0 Å². The van der Waals surface area contributed by atoms with Crippen molar-refractivity contribution in [2.45, 2.75) is 57.4 Å². The monoisotopic (exact) mass is 300 g/mol. The highest BCUT2D eigenvalue weighted by atomic mass is 35.5. The summed E-state index contributed by atoms with van der Waals surface area (Å²) in [5.41, 5.74) is 6.31. The second kappa shape index (κ2) is 6.65. The predicted molar refractivity (Wildman–Crippen MR) is 83.8 cm³/mol. The fourth-order valence-electron chi connectivity index (χ4n) is 4.46. The molecular weight excluding hydrogens is 272 g/mol. The van der Waals surface area contributed by atoms with Crippen LogP contribution < -0.4 is 5.73 Å². The first kappa shape index (κ1) is 16.1. The Morgan fingerprint density at radius 2 is 1.65 bits per heavy atom. The molecule has 116 valence electrons. The molecule has 0 aromatic heterocycles. The summed E-state index contributed by atoms with van der Waals surface area (Å²) < 4.78 is 0. The average molecular weight is 301 g/mol. The van der Waals surface area contributed by atoms with Gasteiger partial charge in [0.15, 0.2) is 0 Å². The number of hydrogen-bond acceptors (Lipinski definition) is 2. The van der Waals surface area contributed by atoms with Crippen LogP contribution in [0.1, 0.15) is 51.4 Å². The molecule has 0 aliphatic heterocycles. The van der Waals surface area contributed by atoms with Gasteiger partial charge < -0.3 is 10.6 Å². The Bertz CT molecular complexity index is 331. The molecule has 2 N–H and O–H groups in total. The number of nitrogens with zero attached hydrogens (tertiary/aromatic N) is 1. The maximum atomic E-state index is 12.6. The molecule has 0 saturated heterocycles. The van der Waals surface area contributed by atoms with Crippen molar-refractivity contribution in [2.75, 3.05) is 13.6 Å². The number of nitrogens with two attached hydrogens (primary N) is 1. The number of amides is 1. The van der Waals surface area contributed by atoms with Crippen LogP contribution in [0.25, 0.3) is 0 Å². The van der Waals surface area contributed by atoms with Crippen LogP contribution in [0.15, 0.2) is 0 Å². The molecule has 3 fully saturated rings. The average Bonchev–Trinajstić information content (AvgIpc) is 2.32. The molecule has 0 heterocycles. The van der Waals surface area contributed by atoms with Gasteiger partial charge in [0, 0.05) is 25.6 Å². The second-order valence-corrected chi connectivity index (χ2v) is 7.21. The van der Waals surface area contributed by atoms with Gasteiger partial charge in [0.25, 0.3) is 0 Å². The molecule has 2 bridgehead atoms. The lowest BCUT2D eigenvalue weighted by Gasteiger charge is -2.44. The fourth-order valence-corrected chi connectivity index (χ4v) is 4.46. The molecule has 0 aromatic carbocycles. The predicted octanol–water partition coefficient (Wildman–Crippen LogP) is 2.82. The quantitative estimate of drug-likeness (QED) is 0.871. The van der Waals surface area contributed by atoms with E-state index >= 15 is 0 Å². The van der Waals surface area contributed by atoms with Gasteiger partial charge in [-0.25, -0.2) is 0 Å². The minimum absolute atomic E-state index is 0. The molecule has 0 spiro atoms. The Morgan fingerprint density at radius 3 is 2.15 bits per heavy atom. The third-order valence-corrected chi connectivity index (χ3v) is 5.90. The van der Waals surface area contributed by atoms with E-state index in [4.69, 9.17) is 5.73 Å². The Kier molecular flexibility index (Phi) is 5.36. The van der Waals surface area contributed by atoms with Crippen LogP contribution in [0.3, 0.4) is 0 Å². The number of fused-ring (bicyclic) bond motifs is 2. The molecule has 3 rings (SSSR count).